The van der Waals surface area contributed by atoms with Gasteiger partial charge in [0.05, 0.1) is 10.9 Å². The Kier molecular flexibility index (Phi) is 6.85. The summed E-state index contributed by atoms with van der Waals surface area (Å²) in [4.78, 5) is 38.1. The SMILES string of the molecule is CN(CCCC(=O)OC(C)(C)C)C(=O)[C@H]1CCc2c(sc3ncnc(Nc4ccn5nccc5c4)c23)C1. The van der Waals surface area contributed by atoms with Gasteiger partial charge in [-0.15, -0.1) is 11.3 Å². The Morgan fingerprint density at radius 2 is 2.11 bits per heavy atom. The maximum Gasteiger partial charge on any atom is 0.306 e. The van der Waals surface area contributed by atoms with Crippen molar-refractivity contribution in [1.82, 2.24) is 24.5 Å². The number of thiophene rings is 1. The van der Waals surface area contributed by atoms with Gasteiger partial charge in [-0.2, -0.15) is 5.10 Å². The van der Waals surface area contributed by atoms with Gasteiger partial charge in [-0.05, 0) is 70.2 Å². The Balaban J connectivity index is 1.25. The van der Waals surface area contributed by atoms with Crippen LogP contribution in [0.15, 0.2) is 36.9 Å². The molecule has 4 heterocycles. The predicted octanol–water partition coefficient (Wildman–Crippen LogP) is 4.77. The van der Waals surface area contributed by atoms with Crippen LogP contribution in [0, 0.1) is 5.92 Å². The van der Waals surface area contributed by atoms with E-state index in [4.69, 9.17) is 4.74 Å². The van der Waals surface area contributed by atoms with Gasteiger partial charge in [-0.3, -0.25) is 9.59 Å². The molecule has 10 heteroatoms. The molecular formula is C27H32N6O3S. The van der Waals surface area contributed by atoms with Crippen molar-refractivity contribution < 1.29 is 14.3 Å². The summed E-state index contributed by atoms with van der Waals surface area (Å²) < 4.78 is 7.18. The molecule has 37 heavy (non-hydrogen) atoms. The zero-order chi connectivity index (χ0) is 26.2. The molecule has 1 aliphatic rings. The number of aryl methyl sites for hydroxylation is 1. The van der Waals surface area contributed by atoms with Gasteiger partial charge in [0.1, 0.15) is 22.6 Å². The zero-order valence-electron chi connectivity index (χ0n) is 21.7. The van der Waals surface area contributed by atoms with Crippen molar-refractivity contribution in [2.24, 2.45) is 5.92 Å². The van der Waals surface area contributed by atoms with Gasteiger partial charge in [-0.25, -0.2) is 14.5 Å². The van der Waals surface area contributed by atoms with Crippen molar-refractivity contribution in [3.63, 3.8) is 0 Å². The molecular weight excluding hydrogens is 488 g/mol. The number of pyridine rings is 1. The maximum absolute atomic E-state index is 13.2. The number of aromatic nitrogens is 4. The third kappa shape index (κ3) is 5.58. The third-order valence-electron chi connectivity index (χ3n) is 6.53. The van der Waals surface area contributed by atoms with Gasteiger partial charge in [-0.1, -0.05) is 0 Å². The average Bonchev–Trinajstić information content (AvgIpc) is 3.46. The van der Waals surface area contributed by atoms with Crippen molar-refractivity contribution >= 4 is 50.5 Å². The highest BCUT2D eigenvalue weighted by Crippen LogP contribution is 2.40. The number of esters is 1. The second kappa shape index (κ2) is 10.1. The molecule has 1 amide bonds. The zero-order valence-corrected chi connectivity index (χ0v) is 22.5. The lowest BCUT2D eigenvalue weighted by atomic mass is 9.87. The summed E-state index contributed by atoms with van der Waals surface area (Å²) in [7, 11) is 1.82. The number of nitrogens with one attached hydrogen (secondary N) is 1. The molecule has 1 atom stereocenters. The summed E-state index contributed by atoms with van der Waals surface area (Å²) in [6.45, 7) is 6.11. The molecule has 0 spiro atoms. The van der Waals surface area contributed by atoms with Crippen LogP contribution in [0.25, 0.3) is 15.7 Å². The fourth-order valence-corrected chi connectivity index (χ4v) is 6.09. The molecule has 0 bridgehead atoms. The monoisotopic (exact) mass is 520 g/mol. The van der Waals surface area contributed by atoms with Gasteiger partial charge < -0.3 is 15.0 Å². The van der Waals surface area contributed by atoms with E-state index in [1.165, 1.54) is 10.4 Å². The summed E-state index contributed by atoms with van der Waals surface area (Å²) in [6.07, 6.45) is 8.46. The Hall–Kier alpha value is -3.53. The van der Waals surface area contributed by atoms with E-state index in [0.717, 1.165) is 40.1 Å². The average molecular weight is 521 g/mol. The number of amides is 1. The minimum absolute atomic E-state index is 0.0688. The highest BCUT2D eigenvalue weighted by molar-refractivity contribution is 7.19. The van der Waals surface area contributed by atoms with Crippen LogP contribution in [-0.2, 0) is 27.2 Å². The molecule has 0 fully saturated rings. The summed E-state index contributed by atoms with van der Waals surface area (Å²) in [5.74, 6) is 0.624. The van der Waals surface area contributed by atoms with Crippen molar-refractivity contribution in [3.05, 3.63) is 47.4 Å². The number of nitrogens with zero attached hydrogens (tertiary/aromatic N) is 5. The molecule has 0 radical (unpaired) electrons. The van der Waals surface area contributed by atoms with Crippen LogP contribution >= 0.6 is 11.3 Å². The fraction of sp³-hybridized carbons (Fsp3) is 0.444. The Labute approximate surface area is 219 Å². The number of hydrogen-bond acceptors (Lipinski definition) is 8. The molecule has 0 saturated carbocycles. The van der Waals surface area contributed by atoms with Crippen molar-refractivity contribution in [3.8, 4) is 0 Å². The van der Waals surface area contributed by atoms with Gasteiger partial charge in [0.15, 0.2) is 0 Å². The van der Waals surface area contributed by atoms with E-state index in [-0.39, 0.29) is 17.8 Å². The van der Waals surface area contributed by atoms with Crippen LogP contribution in [0.1, 0.15) is 50.5 Å². The standard InChI is InChI=1S/C27H32N6O3S/c1-27(2,3)36-22(34)6-5-12-32(4)26(35)17-7-8-20-21(14-17)37-25-23(20)24(28-16-29-25)31-18-10-13-33-19(15-18)9-11-30-33/h9-11,13,15-17H,5-8,12,14H2,1-4H3,(H,28,29,31)/t17-/m0/s1. The van der Waals surface area contributed by atoms with E-state index in [0.29, 0.717) is 25.8 Å². The molecule has 1 aliphatic carbocycles. The molecule has 0 unspecified atom stereocenters. The van der Waals surface area contributed by atoms with E-state index in [1.807, 2.05) is 56.7 Å². The summed E-state index contributed by atoms with van der Waals surface area (Å²) in [5.41, 5.74) is 2.69. The van der Waals surface area contributed by atoms with E-state index in [9.17, 15) is 9.59 Å². The Morgan fingerprint density at radius 1 is 1.27 bits per heavy atom. The van der Waals surface area contributed by atoms with Gasteiger partial charge in [0.2, 0.25) is 5.91 Å². The lowest BCUT2D eigenvalue weighted by molar-refractivity contribution is -0.155. The number of fused-ring (bicyclic) bond motifs is 4. The highest BCUT2D eigenvalue weighted by atomic mass is 32.1. The van der Waals surface area contributed by atoms with Crippen LogP contribution in [0.2, 0.25) is 0 Å². The molecule has 0 saturated heterocycles. The number of anilines is 2. The van der Waals surface area contributed by atoms with Crippen molar-refractivity contribution in [2.45, 2.75) is 58.5 Å². The number of ether oxygens (including phenoxy) is 1. The second-order valence-corrected chi connectivity index (χ2v) is 11.6. The molecule has 0 aromatic carbocycles. The Morgan fingerprint density at radius 3 is 2.92 bits per heavy atom. The first-order chi connectivity index (χ1) is 17.7. The lowest BCUT2D eigenvalue weighted by Gasteiger charge is -2.27. The molecule has 0 aliphatic heterocycles. The number of carbonyl (C=O) groups is 2. The molecule has 4 aromatic rings. The maximum atomic E-state index is 13.2. The molecule has 4 aromatic heterocycles. The number of hydrogen-bond donors (Lipinski definition) is 1. The minimum Gasteiger partial charge on any atom is -0.460 e. The summed E-state index contributed by atoms with van der Waals surface area (Å²) >= 11 is 1.65. The van der Waals surface area contributed by atoms with E-state index in [2.05, 4.69) is 20.4 Å². The van der Waals surface area contributed by atoms with Crippen LogP contribution in [0.4, 0.5) is 11.5 Å². The summed E-state index contributed by atoms with van der Waals surface area (Å²) in [6, 6.07) is 5.96. The smallest absolute Gasteiger partial charge is 0.306 e. The number of carbonyl (C=O) groups excluding carboxylic acids is 2. The molecule has 194 valence electrons. The predicted molar refractivity (Wildman–Crippen MR) is 144 cm³/mol. The second-order valence-electron chi connectivity index (χ2n) is 10.5. The minimum atomic E-state index is -0.490. The molecule has 9 nitrogen and oxygen atoms in total. The highest BCUT2D eigenvalue weighted by Gasteiger charge is 2.30. The van der Waals surface area contributed by atoms with Crippen molar-refractivity contribution in [2.75, 3.05) is 18.9 Å². The normalized spacial score (nSPS) is 15.5. The van der Waals surface area contributed by atoms with Crippen molar-refractivity contribution in [1.29, 1.82) is 0 Å². The summed E-state index contributed by atoms with van der Waals surface area (Å²) in [5, 5.41) is 8.76. The van der Waals surface area contributed by atoms with Gasteiger partial charge in [0, 0.05) is 48.9 Å². The van der Waals surface area contributed by atoms with E-state index >= 15 is 0 Å². The topological polar surface area (TPSA) is 102 Å². The van der Waals surface area contributed by atoms with Crippen LogP contribution in [0.3, 0.4) is 0 Å². The third-order valence-corrected chi connectivity index (χ3v) is 7.69. The van der Waals surface area contributed by atoms with Crippen LogP contribution in [0.5, 0.6) is 0 Å². The van der Waals surface area contributed by atoms with E-state index < -0.39 is 5.60 Å². The quantitative estimate of drug-likeness (QED) is 0.350. The first kappa shape index (κ1) is 25.1. The van der Waals surface area contributed by atoms with Crippen LogP contribution < -0.4 is 5.32 Å². The first-order valence-electron chi connectivity index (χ1n) is 12.6. The van der Waals surface area contributed by atoms with Gasteiger partial charge >= 0.3 is 5.97 Å². The van der Waals surface area contributed by atoms with Crippen LogP contribution in [-0.4, -0.2) is 55.6 Å². The fourth-order valence-electron chi connectivity index (χ4n) is 4.83. The largest absolute Gasteiger partial charge is 0.460 e. The first-order valence-corrected chi connectivity index (χ1v) is 13.4. The lowest BCUT2D eigenvalue weighted by Crippen LogP contribution is -2.36. The van der Waals surface area contributed by atoms with Gasteiger partial charge in [0.25, 0.3) is 0 Å². The molecule has 1 N–H and O–H groups in total. The Bertz CT molecular complexity index is 1450. The molecule has 5 rings (SSSR count). The number of rotatable bonds is 7. The van der Waals surface area contributed by atoms with E-state index in [1.54, 1.807) is 28.8 Å².